The average Bonchev–Trinajstić information content (AvgIpc) is 2.75. The zero-order chi connectivity index (χ0) is 13.9. The van der Waals surface area contributed by atoms with Gasteiger partial charge in [-0.05, 0) is 6.92 Å². The normalized spacial score (nSPS) is 18.8. The summed E-state index contributed by atoms with van der Waals surface area (Å²) in [6.07, 6.45) is 0. The van der Waals surface area contributed by atoms with E-state index in [2.05, 4.69) is 10.1 Å². The van der Waals surface area contributed by atoms with Crippen LogP contribution in [0.3, 0.4) is 0 Å². The van der Waals surface area contributed by atoms with Crippen molar-refractivity contribution in [1.82, 2.24) is 14.4 Å². The summed E-state index contributed by atoms with van der Waals surface area (Å²) in [6.45, 7) is 4.95. The minimum absolute atomic E-state index is 0.00978. The lowest BCUT2D eigenvalue weighted by Gasteiger charge is -2.33. The van der Waals surface area contributed by atoms with Gasteiger partial charge in [0.05, 0.1) is 18.0 Å². The van der Waals surface area contributed by atoms with Gasteiger partial charge in [-0.1, -0.05) is 5.16 Å². The number of sulfonamides is 1. The van der Waals surface area contributed by atoms with E-state index in [0.717, 1.165) is 11.5 Å². The van der Waals surface area contributed by atoms with Crippen molar-refractivity contribution in [3.8, 4) is 0 Å². The molecule has 0 atom stereocenters. The minimum atomic E-state index is -3.19. The predicted octanol–water partition coefficient (Wildman–Crippen LogP) is 0.669. The standard InChI is InChI=1S/C11H18ClN3O3S/c1-10-8-11(18-13-10)9-14-3-5-15(6-4-14)19(16,17)7-2-12/h8H,2-7,9H2,1H3. The zero-order valence-electron chi connectivity index (χ0n) is 10.9. The first-order valence-electron chi connectivity index (χ1n) is 6.19. The molecule has 1 aromatic rings. The molecule has 6 nitrogen and oxygen atoms in total. The molecule has 0 unspecified atom stereocenters. The number of hydrogen-bond acceptors (Lipinski definition) is 5. The molecule has 0 aliphatic carbocycles. The van der Waals surface area contributed by atoms with Crippen molar-refractivity contribution >= 4 is 21.6 Å². The van der Waals surface area contributed by atoms with Crippen LogP contribution in [0.2, 0.25) is 0 Å². The van der Waals surface area contributed by atoms with Crippen LogP contribution in [-0.2, 0) is 16.6 Å². The number of hydrogen-bond donors (Lipinski definition) is 0. The highest BCUT2D eigenvalue weighted by Gasteiger charge is 2.26. The Balaban J connectivity index is 1.86. The molecule has 19 heavy (non-hydrogen) atoms. The van der Waals surface area contributed by atoms with Crippen molar-refractivity contribution in [2.45, 2.75) is 13.5 Å². The predicted molar refractivity (Wildman–Crippen MR) is 72.6 cm³/mol. The zero-order valence-corrected chi connectivity index (χ0v) is 12.5. The van der Waals surface area contributed by atoms with Gasteiger partial charge in [0.25, 0.3) is 0 Å². The third-order valence-electron chi connectivity index (χ3n) is 3.12. The summed E-state index contributed by atoms with van der Waals surface area (Å²) in [5.41, 5.74) is 0.860. The van der Waals surface area contributed by atoms with Gasteiger partial charge in [0, 0.05) is 38.1 Å². The number of nitrogens with zero attached hydrogens (tertiary/aromatic N) is 3. The van der Waals surface area contributed by atoms with Crippen molar-refractivity contribution in [2.75, 3.05) is 37.8 Å². The van der Waals surface area contributed by atoms with Crippen LogP contribution >= 0.6 is 11.6 Å². The quantitative estimate of drug-likeness (QED) is 0.748. The number of aromatic nitrogens is 1. The topological polar surface area (TPSA) is 66.7 Å². The maximum atomic E-state index is 11.8. The molecule has 1 aliphatic rings. The minimum Gasteiger partial charge on any atom is -0.360 e. The molecular weight excluding hydrogens is 290 g/mol. The van der Waals surface area contributed by atoms with Gasteiger partial charge in [0.1, 0.15) is 0 Å². The average molecular weight is 308 g/mol. The highest BCUT2D eigenvalue weighted by Crippen LogP contribution is 2.12. The fourth-order valence-electron chi connectivity index (χ4n) is 2.10. The van der Waals surface area contributed by atoms with E-state index in [1.807, 2.05) is 13.0 Å². The van der Waals surface area contributed by atoms with Crippen LogP contribution in [0.4, 0.5) is 0 Å². The molecule has 0 bridgehead atoms. The molecule has 1 saturated heterocycles. The van der Waals surface area contributed by atoms with E-state index in [9.17, 15) is 8.42 Å². The van der Waals surface area contributed by atoms with Crippen LogP contribution in [0.15, 0.2) is 10.6 Å². The highest BCUT2D eigenvalue weighted by atomic mass is 35.5. The summed E-state index contributed by atoms with van der Waals surface area (Å²) in [4.78, 5) is 2.16. The Morgan fingerprint density at radius 1 is 1.37 bits per heavy atom. The molecule has 0 spiro atoms. The van der Waals surface area contributed by atoms with Crippen molar-refractivity contribution < 1.29 is 12.9 Å². The highest BCUT2D eigenvalue weighted by molar-refractivity contribution is 7.89. The Labute approximate surface area is 118 Å². The summed E-state index contributed by atoms with van der Waals surface area (Å²) in [5, 5.41) is 3.84. The molecule has 8 heteroatoms. The number of piperazine rings is 1. The number of alkyl halides is 1. The maximum absolute atomic E-state index is 11.8. The van der Waals surface area contributed by atoms with Gasteiger partial charge in [-0.25, -0.2) is 8.42 Å². The molecule has 1 aliphatic heterocycles. The third kappa shape index (κ3) is 3.92. The van der Waals surface area contributed by atoms with Gasteiger partial charge in [-0.15, -0.1) is 11.6 Å². The number of halogens is 1. The van der Waals surface area contributed by atoms with E-state index in [4.69, 9.17) is 16.1 Å². The second-order valence-corrected chi connectivity index (χ2v) is 7.08. The third-order valence-corrected chi connectivity index (χ3v) is 5.40. The first-order chi connectivity index (χ1) is 9.01. The molecule has 0 aromatic carbocycles. The van der Waals surface area contributed by atoms with E-state index in [1.54, 1.807) is 0 Å². The van der Waals surface area contributed by atoms with E-state index >= 15 is 0 Å². The van der Waals surface area contributed by atoms with Gasteiger partial charge in [-0.3, -0.25) is 4.90 Å². The van der Waals surface area contributed by atoms with Gasteiger partial charge in [-0.2, -0.15) is 4.31 Å². The maximum Gasteiger partial charge on any atom is 0.215 e. The van der Waals surface area contributed by atoms with Crippen LogP contribution < -0.4 is 0 Å². The second kappa shape index (κ2) is 6.21. The van der Waals surface area contributed by atoms with Crippen molar-refractivity contribution in [3.63, 3.8) is 0 Å². The van der Waals surface area contributed by atoms with E-state index in [-0.39, 0.29) is 11.6 Å². The lowest BCUT2D eigenvalue weighted by atomic mass is 10.3. The Kier molecular flexibility index (Phi) is 4.83. The van der Waals surface area contributed by atoms with Gasteiger partial charge >= 0.3 is 0 Å². The van der Waals surface area contributed by atoms with E-state index in [0.29, 0.717) is 32.7 Å². The fraction of sp³-hybridized carbons (Fsp3) is 0.727. The Hall–Kier alpha value is -0.630. The Morgan fingerprint density at radius 3 is 2.58 bits per heavy atom. The van der Waals surface area contributed by atoms with Crippen molar-refractivity contribution in [3.05, 3.63) is 17.5 Å². The molecule has 1 aromatic heterocycles. The molecule has 2 rings (SSSR count). The second-order valence-electron chi connectivity index (χ2n) is 4.61. The van der Waals surface area contributed by atoms with Crippen LogP contribution in [0.25, 0.3) is 0 Å². The lowest BCUT2D eigenvalue weighted by molar-refractivity contribution is 0.166. The molecule has 0 amide bonds. The molecule has 1 fully saturated rings. The Bertz CT molecular complexity index is 509. The van der Waals surface area contributed by atoms with E-state index < -0.39 is 10.0 Å². The first kappa shape index (κ1) is 14.8. The number of aryl methyl sites for hydroxylation is 1. The van der Waals surface area contributed by atoms with Gasteiger partial charge in [0.15, 0.2) is 5.76 Å². The summed E-state index contributed by atoms with van der Waals surface area (Å²) < 4.78 is 30.4. The van der Waals surface area contributed by atoms with Crippen LogP contribution in [0.5, 0.6) is 0 Å². The van der Waals surface area contributed by atoms with E-state index in [1.165, 1.54) is 4.31 Å². The first-order valence-corrected chi connectivity index (χ1v) is 8.34. The molecule has 2 heterocycles. The van der Waals surface area contributed by atoms with Crippen molar-refractivity contribution in [1.29, 1.82) is 0 Å². The smallest absolute Gasteiger partial charge is 0.215 e. The monoisotopic (exact) mass is 307 g/mol. The fourth-order valence-corrected chi connectivity index (χ4v) is 3.86. The SMILES string of the molecule is Cc1cc(CN2CCN(S(=O)(=O)CCCl)CC2)on1. The Morgan fingerprint density at radius 2 is 2.05 bits per heavy atom. The lowest BCUT2D eigenvalue weighted by Crippen LogP contribution is -2.48. The molecular formula is C11H18ClN3O3S. The molecule has 0 radical (unpaired) electrons. The largest absolute Gasteiger partial charge is 0.360 e. The molecule has 108 valence electrons. The van der Waals surface area contributed by atoms with Crippen LogP contribution in [0.1, 0.15) is 11.5 Å². The van der Waals surface area contributed by atoms with Crippen molar-refractivity contribution in [2.24, 2.45) is 0 Å². The molecule has 0 N–H and O–H groups in total. The summed E-state index contributed by atoms with van der Waals surface area (Å²) in [5.74, 6) is 0.963. The van der Waals surface area contributed by atoms with Gasteiger partial charge < -0.3 is 4.52 Å². The van der Waals surface area contributed by atoms with Crippen LogP contribution in [0, 0.1) is 6.92 Å². The summed E-state index contributed by atoms with van der Waals surface area (Å²) in [7, 11) is -3.19. The van der Waals surface area contributed by atoms with Crippen LogP contribution in [-0.4, -0.2) is 60.6 Å². The molecule has 0 saturated carbocycles. The summed E-state index contributed by atoms with van der Waals surface area (Å²) >= 11 is 5.51. The van der Waals surface area contributed by atoms with Gasteiger partial charge in [0.2, 0.25) is 10.0 Å². The number of rotatable bonds is 5. The summed E-state index contributed by atoms with van der Waals surface area (Å²) in [6, 6.07) is 1.90.